The summed E-state index contributed by atoms with van der Waals surface area (Å²) in [6, 6.07) is 8.54. The summed E-state index contributed by atoms with van der Waals surface area (Å²) in [6.07, 6.45) is 1.55. The number of nitrogens with two attached hydrogens (primary N) is 1. The van der Waals surface area contributed by atoms with Crippen LogP contribution in [-0.2, 0) is 4.79 Å². The molecule has 3 N–H and O–H groups in total. The lowest BCUT2D eigenvalue weighted by molar-refractivity contribution is -0.113. The van der Waals surface area contributed by atoms with Crippen LogP contribution in [-0.4, -0.2) is 16.6 Å². The van der Waals surface area contributed by atoms with Gasteiger partial charge in [-0.3, -0.25) is 4.79 Å². The third-order valence-corrected chi connectivity index (χ3v) is 3.91. The fourth-order valence-electron chi connectivity index (χ4n) is 1.41. The van der Waals surface area contributed by atoms with Crippen molar-refractivity contribution in [2.45, 2.75) is 5.03 Å². The van der Waals surface area contributed by atoms with Crippen LogP contribution < -0.4 is 11.1 Å². The SMILES string of the molecule is Nc1ccc(SCC(=O)Nc2c(Cl)cccc2Cl)nc1. The molecule has 1 aromatic heterocycles. The highest BCUT2D eigenvalue weighted by molar-refractivity contribution is 7.99. The van der Waals surface area contributed by atoms with Crippen molar-refractivity contribution >= 4 is 52.2 Å². The predicted molar refractivity (Wildman–Crippen MR) is 84.5 cm³/mol. The predicted octanol–water partition coefficient (Wildman–Crippen LogP) is 3.70. The normalized spacial score (nSPS) is 10.3. The molecule has 4 nitrogen and oxygen atoms in total. The van der Waals surface area contributed by atoms with Gasteiger partial charge >= 0.3 is 0 Å². The fraction of sp³-hybridized carbons (Fsp3) is 0.0769. The van der Waals surface area contributed by atoms with E-state index in [-0.39, 0.29) is 11.7 Å². The maximum Gasteiger partial charge on any atom is 0.234 e. The Kier molecular flexibility index (Phi) is 5.11. The Morgan fingerprint density at radius 3 is 2.55 bits per heavy atom. The molecule has 0 bridgehead atoms. The van der Waals surface area contributed by atoms with Gasteiger partial charge in [-0.25, -0.2) is 4.98 Å². The molecule has 2 aromatic rings. The molecule has 0 aliphatic heterocycles. The van der Waals surface area contributed by atoms with Gasteiger partial charge < -0.3 is 11.1 Å². The second-order valence-corrected chi connectivity index (χ2v) is 5.67. The van der Waals surface area contributed by atoms with Gasteiger partial charge in [0, 0.05) is 0 Å². The van der Waals surface area contributed by atoms with Crippen molar-refractivity contribution < 1.29 is 4.79 Å². The lowest BCUT2D eigenvalue weighted by atomic mass is 10.3. The van der Waals surface area contributed by atoms with Crippen LogP contribution >= 0.6 is 35.0 Å². The van der Waals surface area contributed by atoms with Gasteiger partial charge in [-0.2, -0.15) is 0 Å². The monoisotopic (exact) mass is 327 g/mol. The van der Waals surface area contributed by atoms with Crippen LogP contribution in [0, 0.1) is 0 Å². The van der Waals surface area contributed by atoms with E-state index in [1.165, 1.54) is 11.8 Å². The van der Waals surface area contributed by atoms with E-state index >= 15 is 0 Å². The number of carbonyl (C=O) groups is 1. The Balaban J connectivity index is 1.94. The van der Waals surface area contributed by atoms with E-state index in [1.807, 2.05) is 0 Å². The largest absolute Gasteiger partial charge is 0.397 e. The van der Waals surface area contributed by atoms with E-state index in [0.29, 0.717) is 21.4 Å². The molecule has 1 heterocycles. The molecule has 0 spiro atoms. The summed E-state index contributed by atoms with van der Waals surface area (Å²) in [4.78, 5) is 16.0. The van der Waals surface area contributed by atoms with E-state index in [2.05, 4.69) is 10.3 Å². The maximum atomic E-state index is 11.9. The Labute approximate surface area is 130 Å². The number of pyridine rings is 1. The molecule has 0 atom stereocenters. The molecule has 1 aromatic carbocycles. The molecule has 0 aliphatic rings. The Bertz CT molecular complexity index is 599. The minimum absolute atomic E-state index is 0.205. The Morgan fingerprint density at radius 1 is 1.25 bits per heavy atom. The van der Waals surface area contributed by atoms with E-state index < -0.39 is 0 Å². The number of thioether (sulfide) groups is 1. The summed E-state index contributed by atoms with van der Waals surface area (Å²) < 4.78 is 0. The molecule has 0 fully saturated rings. The molecule has 1 amide bonds. The number of benzene rings is 1. The van der Waals surface area contributed by atoms with E-state index in [4.69, 9.17) is 28.9 Å². The summed E-state index contributed by atoms with van der Waals surface area (Å²) in [5.41, 5.74) is 6.55. The molecule has 0 unspecified atom stereocenters. The molecule has 0 aliphatic carbocycles. The van der Waals surface area contributed by atoms with Crippen LogP contribution in [0.3, 0.4) is 0 Å². The molecule has 7 heteroatoms. The number of hydrogen-bond donors (Lipinski definition) is 2. The Morgan fingerprint density at radius 2 is 1.95 bits per heavy atom. The van der Waals surface area contributed by atoms with Crippen molar-refractivity contribution in [3.63, 3.8) is 0 Å². The molecule has 0 saturated carbocycles. The zero-order chi connectivity index (χ0) is 14.5. The van der Waals surface area contributed by atoms with Gasteiger partial charge in [0.2, 0.25) is 5.91 Å². The van der Waals surface area contributed by atoms with E-state index in [1.54, 1.807) is 36.5 Å². The molecular formula is C13H11Cl2N3OS. The third kappa shape index (κ3) is 4.03. The number of hydrogen-bond acceptors (Lipinski definition) is 4. The zero-order valence-corrected chi connectivity index (χ0v) is 12.6. The molecule has 104 valence electrons. The van der Waals surface area contributed by atoms with Gasteiger partial charge in [0.25, 0.3) is 0 Å². The minimum Gasteiger partial charge on any atom is -0.397 e. The van der Waals surface area contributed by atoms with Crippen LogP contribution in [0.25, 0.3) is 0 Å². The smallest absolute Gasteiger partial charge is 0.234 e. The van der Waals surface area contributed by atoms with Crippen LogP contribution in [0.4, 0.5) is 11.4 Å². The topological polar surface area (TPSA) is 68.0 Å². The van der Waals surface area contributed by atoms with Gasteiger partial charge in [0.05, 0.1) is 38.4 Å². The number of nitrogen functional groups attached to an aromatic ring is 1. The summed E-state index contributed by atoms with van der Waals surface area (Å²) in [6.45, 7) is 0. The number of amides is 1. The summed E-state index contributed by atoms with van der Waals surface area (Å²) in [5.74, 6) is 0.00184. The number of halogens is 2. The number of rotatable bonds is 4. The van der Waals surface area contributed by atoms with Crippen LogP contribution in [0.2, 0.25) is 10.0 Å². The minimum atomic E-state index is -0.205. The highest BCUT2D eigenvalue weighted by Gasteiger charge is 2.10. The van der Waals surface area contributed by atoms with Crippen LogP contribution in [0.5, 0.6) is 0 Å². The van der Waals surface area contributed by atoms with Gasteiger partial charge in [0.1, 0.15) is 0 Å². The first-order valence-electron chi connectivity index (χ1n) is 5.64. The Hall–Kier alpha value is -1.43. The average molecular weight is 328 g/mol. The standard InChI is InChI=1S/C13H11Cl2N3OS/c14-9-2-1-3-10(15)13(9)18-11(19)7-20-12-5-4-8(16)6-17-12/h1-6H,7,16H2,(H,18,19). The number of carbonyl (C=O) groups excluding carboxylic acids is 1. The second kappa shape index (κ2) is 6.83. The van der Waals surface area contributed by atoms with Gasteiger partial charge in [-0.05, 0) is 24.3 Å². The first-order chi connectivity index (χ1) is 9.56. The molecule has 0 radical (unpaired) electrons. The third-order valence-electron chi connectivity index (χ3n) is 2.34. The van der Waals surface area contributed by atoms with Crippen molar-refractivity contribution in [2.24, 2.45) is 0 Å². The highest BCUT2D eigenvalue weighted by Crippen LogP contribution is 2.30. The summed E-state index contributed by atoms with van der Waals surface area (Å²) >= 11 is 13.3. The van der Waals surface area contributed by atoms with Crippen molar-refractivity contribution in [3.8, 4) is 0 Å². The first-order valence-corrected chi connectivity index (χ1v) is 7.38. The zero-order valence-electron chi connectivity index (χ0n) is 10.3. The molecule has 2 rings (SSSR count). The number of nitrogens with one attached hydrogen (secondary N) is 1. The fourth-order valence-corrected chi connectivity index (χ4v) is 2.54. The van der Waals surface area contributed by atoms with Crippen molar-refractivity contribution in [2.75, 3.05) is 16.8 Å². The lowest BCUT2D eigenvalue weighted by Gasteiger charge is -2.08. The van der Waals surface area contributed by atoms with Crippen molar-refractivity contribution in [1.29, 1.82) is 0 Å². The molecular weight excluding hydrogens is 317 g/mol. The number of nitrogens with zero attached hydrogens (tertiary/aromatic N) is 1. The van der Waals surface area contributed by atoms with Crippen molar-refractivity contribution in [3.05, 3.63) is 46.6 Å². The van der Waals surface area contributed by atoms with Crippen LogP contribution in [0.1, 0.15) is 0 Å². The number of anilines is 2. The maximum absolute atomic E-state index is 11.9. The quantitative estimate of drug-likeness (QED) is 0.840. The number of para-hydroxylation sites is 1. The highest BCUT2D eigenvalue weighted by atomic mass is 35.5. The summed E-state index contributed by atoms with van der Waals surface area (Å²) in [7, 11) is 0. The average Bonchev–Trinajstić information content (AvgIpc) is 2.42. The molecule has 0 saturated heterocycles. The lowest BCUT2D eigenvalue weighted by Crippen LogP contribution is -2.14. The molecule has 20 heavy (non-hydrogen) atoms. The van der Waals surface area contributed by atoms with Gasteiger partial charge in [-0.1, -0.05) is 41.0 Å². The first kappa shape index (κ1) is 15.0. The van der Waals surface area contributed by atoms with Crippen LogP contribution in [0.15, 0.2) is 41.6 Å². The number of aromatic nitrogens is 1. The second-order valence-electron chi connectivity index (χ2n) is 3.86. The van der Waals surface area contributed by atoms with Gasteiger partial charge in [0.15, 0.2) is 0 Å². The van der Waals surface area contributed by atoms with E-state index in [9.17, 15) is 4.79 Å². The summed E-state index contributed by atoms with van der Waals surface area (Å²) in [5, 5.41) is 4.21. The van der Waals surface area contributed by atoms with Crippen molar-refractivity contribution in [1.82, 2.24) is 4.98 Å². The van der Waals surface area contributed by atoms with E-state index in [0.717, 1.165) is 5.03 Å². The van der Waals surface area contributed by atoms with Gasteiger partial charge in [-0.15, -0.1) is 0 Å².